The van der Waals surface area contributed by atoms with Crippen LogP contribution in [0.3, 0.4) is 0 Å². The first-order valence-corrected chi connectivity index (χ1v) is 14.5. The number of likely N-dealkylation sites (N-methyl/N-ethyl adjacent to an activating group) is 1. The van der Waals surface area contributed by atoms with E-state index in [1.807, 2.05) is 12.2 Å². The van der Waals surface area contributed by atoms with Crippen molar-refractivity contribution in [2.45, 2.75) is 90.4 Å². The molecule has 0 aromatic carbocycles. The normalized spacial score (nSPS) is 19.0. The average Bonchev–Trinajstić information content (AvgIpc) is 2.90. The number of nitrogens with zero attached hydrogens (tertiary/aromatic N) is 1. The summed E-state index contributed by atoms with van der Waals surface area (Å²) >= 11 is 0. The summed E-state index contributed by atoms with van der Waals surface area (Å²) in [7, 11) is -4.76. The topological polar surface area (TPSA) is 82.1 Å². The van der Waals surface area contributed by atoms with E-state index in [1.165, 1.54) is 38.5 Å². The third kappa shape index (κ3) is 27.3. The van der Waals surface area contributed by atoms with Gasteiger partial charge in [0.05, 0.1) is 46.5 Å². The van der Waals surface area contributed by atoms with Gasteiger partial charge in [0.1, 0.15) is 13.2 Å². The van der Waals surface area contributed by atoms with Crippen LogP contribution in [0.25, 0.3) is 0 Å². The highest BCUT2D eigenvalue weighted by atomic mass is 31.2. The van der Waals surface area contributed by atoms with E-state index in [0.717, 1.165) is 25.7 Å². The van der Waals surface area contributed by atoms with Gasteiger partial charge in [0.2, 0.25) is 0 Å². The number of esters is 1. The van der Waals surface area contributed by atoms with Crippen molar-refractivity contribution in [2.24, 2.45) is 0 Å². The Labute approximate surface area is 233 Å². The van der Waals surface area contributed by atoms with E-state index >= 15 is 0 Å². The minimum absolute atomic E-state index is 0.0555. The van der Waals surface area contributed by atoms with E-state index < -0.39 is 52.4 Å². The molecule has 210 valence electrons. The van der Waals surface area contributed by atoms with Gasteiger partial charge in [-0.05, 0) is 38.5 Å². The van der Waals surface area contributed by atoms with Crippen LogP contribution >= 0.6 is 7.82 Å². The second kappa shape index (κ2) is 22.9. The van der Waals surface area contributed by atoms with Crippen LogP contribution < -0.4 is 0 Å². The van der Waals surface area contributed by atoms with Crippen molar-refractivity contribution in [1.29, 1.82) is 0 Å². The fourth-order valence-corrected chi connectivity index (χ4v) is 3.76. The lowest BCUT2D eigenvalue weighted by molar-refractivity contribution is -0.870. The molecule has 1 N–H and O–H groups in total. The number of unbranched alkanes of at least 4 members (excludes halogenated alkanes) is 7. The predicted octanol–water partition coefficient (Wildman–Crippen LogP) is 7.13. The van der Waals surface area contributed by atoms with E-state index in [4.69, 9.17) is 21.6 Å². The average molecular weight is 540 g/mol. The molecule has 0 fully saturated rings. The van der Waals surface area contributed by atoms with Crippen LogP contribution in [-0.4, -0.2) is 62.6 Å². The minimum atomic E-state index is -4.76. The summed E-state index contributed by atoms with van der Waals surface area (Å²) in [5.41, 5.74) is 0. The zero-order valence-electron chi connectivity index (χ0n) is 30.9. The maximum atomic E-state index is 12.1. The molecule has 0 aromatic heterocycles. The fourth-order valence-electron chi connectivity index (χ4n) is 3.01. The molecule has 0 bridgehead atoms. The Morgan fingerprint density at radius 2 is 1.39 bits per heavy atom. The lowest BCUT2D eigenvalue weighted by Gasteiger charge is -2.24. The van der Waals surface area contributed by atoms with Crippen LogP contribution in [0.2, 0.25) is 0 Å². The van der Waals surface area contributed by atoms with E-state index in [0.29, 0.717) is 6.42 Å². The summed E-state index contributed by atoms with van der Waals surface area (Å²) < 4.78 is 92.0. The van der Waals surface area contributed by atoms with E-state index in [1.54, 1.807) is 0 Å². The summed E-state index contributed by atoms with van der Waals surface area (Å²) in [6.45, 7) is -10.8. The Hall–Kier alpha value is -1.24. The molecule has 7 nitrogen and oxygen atoms in total. The molecule has 1 unspecified atom stereocenters. The lowest BCUT2D eigenvalue weighted by atomic mass is 10.1. The van der Waals surface area contributed by atoms with Gasteiger partial charge >= 0.3 is 13.8 Å². The molecule has 0 spiro atoms. The summed E-state index contributed by atoms with van der Waals surface area (Å²) in [4.78, 5) is 21.7. The van der Waals surface area contributed by atoms with Gasteiger partial charge in [-0.1, -0.05) is 75.5 Å². The van der Waals surface area contributed by atoms with Gasteiger partial charge in [-0.15, -0.1) is 0 Å². The van der Waals surface area contributed by atoms with Gasteiger partial charge in [0, 0.05) is 12.8 Å². The molecule has 0 rings (SSSR count). The summed E-state index contributed by atoms with van der Waals surface area (Å²) in [6, 6.07) is 0. The molecule has 0 heterocycles. The van der Waals surface area contributed by atoms with E-state index in [-0.39, 0.29) is 26.1 Å². The lowest BCUT2D eigenvalue weighted by Crippen LogP contribution is -2.37. The molecule has 36 heavy (non-hydrogen) atoms. The number of hydrogen-bond acceptors (Lipinski definition) is 5. The van der Waals surface area contributed by atoms with Crippen molar-refractivity contribution in [1.82, 2.24) is 0 Å². The van der Waals surface area contributed by atoms with E-state index in [2.05, 4.69) is 35.8 Å². The van der Waals surface area contributed by atoms with Crippen LogP contribution in [-0.2, 0) is 23.1 Å². The number of phosphoric acid groups is 1. The fraction of sp³-hybridized carbons (Fsp3) is 0.750. The molecular formula is C28H53NO6P+. The van der Waals surface area contributed by atoms with Gasteiger partial charge in [-0.25, -0.2) is 4.57 Å². The Morgan fingerprint density at radius 1 is 0.806 bits per heavy atom. The molecule has 0 aliphatic carbocycles. The summed E-state index contributed by atoms with van der Waals surface area (Å²) in [5, 5.41) is 0. The molecule has 1 atom stereocenters. The van der Waals surface area contributed by atoms with Gasteiger partial charge < -0.3 is 14.1 Å². The highest BCUT2D eigenvalue weighted by molar-refractivity contribution is 7.47. The van der Waals surface area contributed by atoms with Gasteiger partial charge in [0.15, 0.2) is 0 Å². The number of hydrogen-bond donors (Lipinski definition) is 1. The number of carbonyl (C=O) groups is 1. The number of phosphoric ester groups is 1. The monoisotopic (exact) mass is 539 g/mol. The first-order chi connectivity index (χ1) is 20.9. The number of quaternary nitrogens is 1. The largest absolute Gasteiger partial charge is 0.472 e. The third-order valence-corrected chi connectivity index (χ3v) is 6.03. The predicted molar refractivity (Wildman–Crippen MR) is 149 cm³/mol. The van der Waals surface area contributed by atoms with Crippen LogP contribution in [0.1, 0.15) is 103 Å². The molecular weight excluding hydrogens is 477 g/mol. The Morgan fingerprint density at radius 3 is 2.06 bits per heavy atom. The quantitative estimate of drug-likeness (QED) is 0.0462. The number of ether oxygens (including phenoxy) is 1. The van der Waals surface area contributed by atoms with Gasteiger partial charge in [-0.3, -0.25) is 13.8 Å². The maximum Gasteiger partial charge on any atom is 0.472 e. The van der Waals surface area contributed by atoms with E-state index in [9.17, 15) is 14.3 Å². The molecule has 0 radical (unpaired) electrons. The third-order valence-electron chi connectivity index (χ3n) is 5.01. The van der Waals surface area contributed by atoms with Gasteiger partial charge in [0.25, 0.3) is 0 Å². The second-order valence-electron chi connectivity index (χ2n) is 8.58. The van der Waals surface area contributed by atoms with Crippen LogP contribution in [0.15, 0.2) is 36.5 Å². The number of allylic oxidation sites excluding steroid dienone is 6. The van der Waals surface area contributed by atoms with Crippen LogP contribution in [0, 0.1) is 0 Å². The van der Waals surface area contributed by atoms with Gasteiger partial charge in [-0.2, -0.15) is 0 Å². The molecule has 0 aliphatic heterocycles. The molecule has 8 heteroatoms. The molecule has 0 saturated carbocycles. The maximum absolute atomic E-state index is 12.1. The summed E-state index contributed by atoms with van der Waals surface area (Å²) in [5.74, 6) is -0.424. The number of carbonyl (C=O) groups excluding carboxylic acids is 1. The van der Waals surface area contributed by atoms with Crippen molar-refractivity contribution in [3.8, 4) is 0 Å². The Bertz CT molecular complexity index is 914. The highest BCUT2D eigenvalue weighted by Gasteiger charge is 2.22. The number of rotatable bonds is 24. The Kier molecular flexibility index (Phi) is 13.8. The minimum Gasteiger partial charge on any atom is -0.466 e. The van der Waals surface area contributed by atoms with Crippen molar-refractivity contribution < 1.29 is 44.9 Å². The first kappa shape index (κ1) is 21.7. The SMILES string of the molecule is [2H]C([2H])([2H])[N+](CCOP(=O)(O)OCCCOC(=O)CCC/C=C\C/C=C\C/C=C\CCCCCCCC)(C([2H])([2H])[2H])C([2H])([2H])[2H]. The van der Waals surface area contributed by atoms with Crippen molar-refractivity contribution >= 4 is 13.8 Å². The molecule has 0 amide bonds. The standard InChI is InChI=1S/C28H52NO6P/c1-5-6-7-8-9-10-11-12-13-14-15-16-17-18-19-20-21-23-28(30)33-25-22-26-34-36(31,32)35-27-24-29(2,3)4/h12-13,15-16,18-19H,5-11,14,17,20-27H2,1-4H3/p+1/b13-12-,16-15-,19-18-/i2D3,3D3,4D3. The molecule has 0 saturated heterocycles. The smallest absolute Gasteiger partial charge is 0.466 e. The van der Waals surface area contributed by atoms with Crippen LogP contribution in [0.5, 0.6) is 0 Å². The zero-order chi connectivity index (χ0) is 34.5. The van der Waals surface area contributed by atoms with Crippen molar-refractivity contribution in [3.63, 3.8) is 0 Å². The van der Waals surface area contributed by atoms with Crippen molar-refractivity contribution in [3.05, 3.63) is 36.5 Å². The summed E-state index contributed by atoms with van der Waals surface area (Å²) in [6.07, 6.45) is 25.1. The zero-order valence-corrected chi connectivity index (χ0v) is 22.8. The van der Waals surface area contributed by atoms with Crippen molar-refractivity contribution in [2.75, 3.05) is 47.3 Å². The molecule has 0 aromatic rings. The first-order valence-electron chi connectivity index (χ1n) is 17.5. The van der Waals surface area contributed by atoms with Crippen LogP contribution in [0.4, 0.5) is 0 Å². The second-order valence-corrected chi connectivity index (χ2v) is 10.0. The molecule has 0 aliphatic rings. The highest BCUT2D eigenvalue weighted by Crippen LogP contribution is 2.43. The Balaban J connectivity index is 4.11.